The molecule has 0 aliphatic carbocycles. The zero-order chi connectivity index (χ0) is 21.6. The zero-order valence-electron chi connectivity index (χ0n) is 17.9. The minimum absolute atomic E-state index is 0. The van der Waals surface area contributed by atoms with E-state index in [1.807, 2.05) is 17.4 Å². The molecule has 0 spiro atoms. The van der Waals surface area contributed by atoms with Gasteiger partial charge in [0.05, 0.1) is 6.20 Å². The molecule has 0 atom stereocenters. The van der Waals surface area contributed by atoms with Gasteiger partial charge in [-0.25, -0.2) is 4.98 Å². The zero-order valence-corrected chi connectivity index (χ0v) is 18.7. The van der Waals surface area contributed by atoms with Crippen LogP contribution in [0.3, 0.4) is 0 Å². The summed E-state index contributed by atoms with van der Waals surface area (Å²) in [7, 11) is 0. The molecule has 5 heteroatoms. The third kappa shape index (κ3) is 5.44. The number of nitrogens with two attached hydrogens (primary N) is 1. The number of aromatic nitrogens is 2. The molecule has 0 amide bonds. The maximum absolute atomic E-state index is 4.54. The van der Waals surface area contributed by atoms with Crippen molar-refractivity contribution >= 4 is 23.0 Å². The first-order valence-electron chi connectivity index (χ1n) is 10.6. The Hall–Kier alpha value is -3.99. The van der Waals surface area contributed by atoms with Crippen molar-refractivity contribution in [1.82, 2.24) is 9.97 Å². The van der Waals surface area contributed by atoms with Crippen LogP contribution in [0.2, 0.25) is 0 Å². The minimum atomic E-state index is 0. The van der Waals surface area contributed by atoms with Gasteiger partial charge in [0.2, 0.25) is 5.82 Å². The van der Waals surface area contributed by atoms with E-state index in [2.05, 4.69) is 112 Å². The fourth-order valence-electron chi connectivity index (χ4n) is 3.62. The van der Waals surface area contributed by atoms with Crippen molar-refractivity contribution in [3.05, 3.63) is 122 Å². The minimum Gasteiger partial charge on any atom is -1.00 e. The third-order valence-electron chi connectivity index (χ3n) is 5.30. The van der Waals surface area contributed by atoms with E-state index in [1.54, 1.807) is 12.4 Å². The predicted molar refractivity (Wildman–Crippen MR) is 130 cm³/mol. The molecule has 33 heavy (non-hydrogen) atoms. The van der Waals surface area contributed by atoms with Crippen molar-refractivity contribution in [2.24, 2.45) is 0 Å². The van der Waals surface area contributed by atoms with Crippen LogP contribution < -0.4 is 23.0 Å². The summed E-state index contributed by atoms with van der Waals surface area (Å²) in [6.07, 6.45) is 3.42. The van der Waals surface area contributed by atoms with E-state index >= 15 is 0 Å². The second kappa shape index (κ2) is 10.6. The maximum Gasteiger partial charge on any atom is 0.273 e. The molecule has 0 fully saturated rings. The Morgan fingerprint density at radius 3 is 1.58 bits per heavy atom. The van der Waals surface area contributed by atoms with Crippen molar-refractivity contribution in [3.8, 4) is 22.3 Å². The number of nitrogens with zero attached hydrogens (tertiary/aromatic N) is 2. The number of hydrogen-bond donors (Lipinski definition) is 2. The van der Waals surface area contributed by atoms with Crippen LogP contribution in [-0.4, -0.2) is 9.97 Å². The molecule has 0 radical (unpaired) electrons. The summed E-state index contributed by atoms with van der Waals surface area (Å²) < 4.78 is 0. The molecule has 1 aromatic heterocycles. The van der Waals surface area contributed by atoms with Gasteiger partial charge in [0.25, 0.3) is 5.82 Å². The number of rotatable bonds is 6. The summed E-state index contributed by atoms with van der Waals surface area (Å²) in [5.74, 6) is 1.53. The maximum atomic E-state index is 4.54. The number of anilines is 2. The van der Waals surface area contributed by atoms with Gasteiger partial charge < -0.3 is 17.7 Å². The average Bonchev–Trinajstić information content (AvgIpc) is 2.87. The van der Waals surface area contributed by atoms with Gasteiger partial charge in [-0.05, 0) is 46.5 Å². The lowest BCUT2D eigenvalue weighted by Gasteiger charge is -2.09. The van der Waals surface area contributed by atoms with Crippen LogP contribution in [0.25, 0.3) is 22.3 Å². The molecule has 0 saturated carbocycles. The van der Waals surface area contributed by atoms with Gasteiger partial charge >= 0.3 is 0 Å². The highest BCUT2D eigenvalue weighted by Gasteiger charge is 2.11. The molecule has 5 rings (SSSR count). The summed E-state index contributed by atoms with van der Waals surface area (Å²) in [5, 5.41) is 5.45. The highest BCUT2D eigenvalue weighted by atomic mass is 35.5. The summed E-state index contributed by atoms with van der Waals surface area (Å²) in [5.41, 5.74) is 6.83. The molecular formula is C28H23ClN4. The SMILES string of the molecule is [Cl-].c1ccc(-c2ccc(Nc3nccnc3[NH2+]c3ccc(-c4ccccc4)cc3)cc2)cc1. The van der Waals surface area contributed by atoms with E-state index < -0.39 is 0 Å². The van der Waals surface area contributed by atoms with Crippen LogP contribution >= 0.6 is 0 Å². The Kier molecular flexibility index (Phi) is 7.10. The Labute approximate surface area is 199 Å². The van der Waals surface area contributed by atoms with E-state index in [4.69, 9.17) is 0 Å². The lowest BCUT2D eigenvalue weighted by Crippen LogP contribution is -3.00. The predicted octanol–water partition coefficient (Wildman–Crippen LogP) is 3.08. The molecule has 4 nitrogen and oxygen atoms in total. The second-order valence-electron chi connectivity index (χ2n) is 7.49. The monoisotopic (exact) mass is 450 g/mol. The quantitative estimate of drug-likeness (QED) is 0.391. The molecule has 0 saturated heterocycles. The highest BCUT2D eigenvalue weighted by Crippen LogP contribution is 2.24. The first kappa shape index (κ1) is 22.2. The normalized spacial score (nSPS) is 10.3. The fourth-order valence-corrected chi connectivity index (χ4v) is 3.62. The van der Waals surface area contributed by atoms with Crippen LogP contribution in [0.1, 0.15) is 0 Å². The molecule has 0 aliphatic rings. The molecule has 3 N–H and O–H groups in total. The smallest absolute Gasteiger partial charge is 0.273 e. The summed E-state index contributed by atoms with van der Waals surface area (Å²) >= 11 is 0. The summed E-state index contributed by atoms with van der Waals surface area (Å²) in [6.45, 7) is 0. The summed E-state index contributed by atoms with van der Waals surface area (Å²) in [4.78, 5) is 9.05. The molecule has 0 unspecified atom stereocenters. The average molecular weight is 451 g/mol. The molecule has 1 heterocycles. The van der Waals surface area contributed by atoms with Crippen LogP contribution in [0.5, 0.6) is 0 Å². The molecule has 162 valence electrons. The van der Waals surface area contributed by atoms with Gasteiger partial charge in [0.1, 0.15) is 5.69 Å². The van der Waals surface area contributed by atoms with E-state index in [9.17, 15) is 0 Å². The Bertz CT molecular complexity index is 1190. The van der Waals surface area contributed by atoms with Crippen molar-refractivity contribution in [1.29, 1.82) is 0 Å². The standard InChI is InChI=1S/C28H22N4.ClH/c1-3-7-21(8-4-1)23-11-15-25(16-12-23)31-27-28(30-20-19-29-27)32-26-17-13-24(14-18-26)22-9-5-2-6-10-22;/h1-20H,(H,29,31)(H,30,32);1H. The van der Waals surface area contributed by atoms with Crippen LogP contribution in [0, 0.1) is 0 Å². The molecule has 0 aliphatic heterocycles. The van der Waals surface area contributed by atoms with Gasteiger partial charge in [-0.2, -0.15) is 4.98 Å². The van der Waals surface area contributed by atoms with Crippen LogP contribution in [0.15, 0.2) is 122 Å². The van der Waals surface area contributed by atoms with Crippen molar-refractivity contribution in [2.45, 2.75) is 0 Å². The number of halogens is 1. The van der Waals surface area contributed by atoms with Gasteiger partial charge in [0, 0.05) is 24.0 Å². The van der Waals surface area contributed by atoms with Crippen LogP contribution in [0.4, 0.5) is 23.0 Å². The number of benzene rings is 4. The Morgan fingerprint density at radius 1 is 0.515 bits per heavy atom. The highest BCUT2D eigenvalue weighted by molar-refractivity contribution is 5.69. The lowest BCUT2D eigenvalue weighted by molar-refractivity contribution is -0.482. The van der Waals surface area contributed by atoms with Crippen molar-refractivity contribution < 1.29 is 17.7 Å². The number of hydrogen-bond acceptors (Lipinski definition) is 3. The van der Waals surface area contributed by atoms with Crippen molar-refractivity contribution in [2.75, 3.05) is 5.32 Å². The van der Waals surface area contributed by atoms with E-state index in [0.717, 1.165) is 23.0 Å². The first-order chi connectivity index (χ1) is 15.8. The second-order valence-corrected chi connectivity index (χ2v) is 7.49. The Morgan fingerprint density at radius 2 is 1.00 bits per heavy atom. The molecule has 4 aromatic carbocycles. The summed E-state index contributed by atoms with van der Waals surface area (Å²) in [6, 6.07) is 37.6. The topological polar surface area (TPSA) is 54.4 Å². The first-order valence-corrected chi connectivity index (χ1v) is 10.6. The van der Waals surface area contributed by atoms with E-state index in [-0.39, 0.29) is 12.4 Å². The Balaban J connectivity index is 0.00000259. The largest absolute Gasteiger partial charge is 1.00 e. The number of quaternary nitrogens is 1. The fraction of sp³-hybridized carbons (Fsp3) is 0. The van der Waals surface area contributed by atoms with Gasteiger partial charge in [-0.3, -0.25) is 5.32 Å². The van der Waals surface area contributed by atoms with Gasteiger partial charge in [0.15, 0.2) is 0 Å². The molecule has 0 bridgehead atoms. The van der Waals surface area contributed by atoms with Crippen LogP contribution in [-0.2, 0) is 0 Å². The van der Waals surface area contributed by atoms with Gasteiger partial charge in [-0.15, -0.1) is 0 Å². The van der Waals surface area contributed by atoms with Gasteiger partial charge in [-0.1, -0.05) is 72.8 Å². The van der Waals surface area contributed by atoms with Crippen molar-refractivity contribution in [3.63, 3.8) is 0 Å². The molecular weight excluding hydrogens is 428 g/mol. The number of nitrogens with one attached hydrogen (secondary N) is 1. The lowest BCUT2D eigenvalue weighted by atomic mass is 10.1. The third-order valence-corrected chi connectivity index (χ3v) is 5.30. The molecule has 5 aromatic rings. The van der Waals surface area contributed by atoms with E-state index in [1.165, 1.54) is 22.3 Å². The van der Waals surface area contributed by atoms with E-state index in [0.29, 0.717) is 0 Å².